The number of nitrogens with zero attached hydrogens (tertiary/aromatic N) is 2. The largest absolute Gasteiger partial charge is 0.480 e. The molecular weight excluding hydrogens is 264 g/mol. The van der Waals surface area contributed by atoms with Gasteiger partial charge in [-0.2, -0.15) is 0 Å². The summed E-state index contributed by atoms with van der Waals surface area (Å²) in [4.78, 5) is 27.2. The van der Waals surface area contributed by atoms with Crippen LogP contribution in [0.15, 0.2) is 17.5 Å². The van der Waals surface area contributed by atoms with Gasteiger partial charge in [-0.25, -0.2) is 9.59 Å². The molecule has 1 unspecified atom stereocenters. The maximum Gasteiger partial charge on any atom is 0.326 e. The van der Waals surface area contributed by atoms with Crippen molar-refractivity contribution in [1.29, 1.82) is 0 Å². The zero-order valence-electron chi connectivity index (χ0n) is 11.5. The van der Waals surface area contributed by atoms with E-state index in [1.807, 2.05) is 17.5 Å². The minimum absolute atomic E-state index is 0.259. The first kappa shape index (κ1) is 15.5. The predicted octanol–water partition coefficient (Wildman–Crippen LogP) is 2.14. The fourth-order valence-corrected chi connectivity index (χ4v) is 2.54. The van der Waals surface area contributed by atoms with Crippen molar-refractivity contribution < 1.29 is 14.7 Å². The molecule has 106 valence electrons. The molecule has 19 heavy (non-hydrogen) atoms. The molecule has 0 aromatic carbocycles. The van der Waals surface area contributed by atoms with E-state index in [1.54, 1.807) is 30.2 Å². The van der Waals surface area contributed by atoms with Crippen LogP contribution in [-0.4, -0.2) is 53.6 Å². The molecule has 0 aliphatic carbocycles. The van der Waals surface area contributed by atoms with Crippen molar-refractivity contribution in [2.75, 3.05) is 20.6 Å². The Morgan fingerprint density at radius 1 is 1.42 bits per heavy atom. The van der Waals surface area contributed by atoms with Gasteiger partial charge in [0.1, 0.15) is 6.04 Å². The molecule has 0 radical (unpaired) electrons. The number of likely N-dealkylation sites (N-methyl/N-ethyl adjacent to an activating group) is 2. The quantitative estimate of drug-likeness (QED) is 0.870. The normalized spacial score (nSPS) is 11.9. The Morgan fingerprint density at radius 3 is 2.58 bits per heavy atom. The summed E-state index contributed by atoms with van der Waals surface area (Å²) in [6.45, 7) is 2.34. The summed E-state index contributed by atoms with van der Waals surface area (Å²) in [7, 11) is 3.23. The summed E-state index contributed by atoms with van der Waals surface area (Å²) < 4.78 is 0. The lowest BCUT2D eigenvalue weighted by Gasteiger charge is -2.28. The number of thiophene rings is 1. The van der Waals surface area contributed by atoms with E-state index in [9.17, 15) is 9.59 Å². The number of carboxylic acid groups (broad SMARTS) is 1. The molecule has 0 spiro atoms. The van der Waals surface area contributed by atoms with Crippen LogP contribution in [0.1, 0.15) is 18.2 Å². The maximum absolute atomic E-state index is 12.1. The Balaban J connectivity index is 2.53. The summed E-state index contributed by atoms with van der Waals surface area (Å²) in [6, 6.07) is 2.98. The SMILES string of the molecule is CCC(C(=O)O)N(C)C(=O)N(C)CCc1cccs1. The Labute approximate surface area is 117 Å². The number of hydrogen-bond acceptors (Lipinski definition) is 3. The highest BCUT2D eigenvalue weighted by Crippen LogP contribution is 2.11. The number of carboxylic acids is 1. The highest BCUT2D eigenvalue weighted by atomic mass is 32.1. The first-order valence-electron chi connectivity index (χ1n) is 6.20. The molecule has 6 heteroatoms. The molecule has 0 saturated carbocycles. The summed E-state index contributed by atoms with van der Waals surface area (Å²) in [5, 5.41) is 11.0. The van der Waals surface area contributed by atoms with Gasteiger partial charge in [0.2, 0.25) is 0 Å². The van der Waals surface area contributed by atoms with Crippen LogP contribution in [-0.2, 0) is 11.2 Å². The van der Waals surface area contributed by atoms with Gasteiger partial charge in [0, 0.05) is 25.5 Å². The molecule has 0 bridgehead atoms. The minimum Gasteiger partial charge on any atom is -0.480 e. The molecule has 5 nitrogen and oxygen atoms in total. The number of amides is 2. The van der Waals surface area contributed by atoms with E-state index in [-0.39, 0.29) is 6.03 Å². The van der Waals surface area contributed by atoms with E-state index in [2.05, 4.69) is 0 Å². The van der Waals surface area contributed by atoms with Gasteiger partial charge in [-0.1, -0.05) is 13.0 Å². The second-order valence-electron chi connectivity index (χ2n) is 4.41. The zero-order valence-corrected chi connectivity index (χ0v) is 12.3. The monoisotopic (exact) mass is 284 g/mol. The number of rotatable bonds is 6. The van der Waals surface area contributed by atoms with Crippen LogP contribution in [0.3, 0.4) is 0 Å². The van der Waals surface area contributed by atoms with Crippen molar-refractivity contribution in [1.82, 2.24) is 9.80 Å². The molecule has 0 aliphatic heterocycles. The lowest BCUT2D eigenvalue weighted by molar-refractivity contribution is -0.142. The highest BCUT2D eigenvalue weighted by Gasteiger charge is 2.26. The van der Waals surface area contributed by atoms with E-state index in [0.29, 0.717) is 13.0 Å². The maximum atomic E-state index is 12.1. The van der Waals surface area contributed by atoms with E-state index < -0.39 is 12.0 Å². The summed E-state index contributed by atoms with van der Waals surface area (Å²) >= 11 is 1.66. The first-order chi connectivity index (χ1) is 8.97. The van der Waals surface area contributed by atoms with Gasteiger partial charge in [0.15, 0.2) is 0 Å². The Hall–Kier alpha value is -1.56. The third kappa shape index (κ3) is 4.24. The van der Waals surface area contributed by atoms with Crippen molar-refractivity contribution in [3.8, 4) is 0 Å². The minimum atomic E-state index is -0.968. The fourth-order valence-electron chi connectivity index (χ4n) is 1.85. The van der Waals surface area contributed by atoms with Crippen molar-refractivity contribution in [3.63, 3.8) is 0 Å². The smallest absolute Gasteiger partial charge is 0.326 e. The first-order valence-corrected chi connectivity index (χ1v) is 7.08. The average molecular weight is 284 g/mol. The van der Waals surface area contributed by atoms with Gasteiger partial charge in [-0.15, -0.1) is 11.3 Å². The van der Waals surface area contributed by atoms with Crippen molar-refractivity contribution in [3.05, 3.63) is 22.4 Å². The van der Waals surface area contributed by atoms with Crippen LogP contribution in [0.4, 0.5) is 4.79 Å². The standard InChI is InChI=1S/C13H20N2O3S/c1-4-11(12(16)17)15(3)13(18)14(2)8-7-10-6-5-9-19-10/h5-6,9,11H,4,7-8H2,1-3H3,(H,16,17). The van der Waals surface area contributed by atoms with E-state index >= 15 is 0 Å². The van der Waals surface area contributed by atoms with Crippen LogP contribution < -0.4 is 0 Å². The Bertz CT molecular complexity index is 420. The van der Waals surface area contributed by atoms with Crippen molar-refractivity contribution in [2.24, 2.45) is 0 Å². The van der Waals surface area contributed by atoms with Crippen LogP contribution >= 0.6 is 11.3 Å². The molecule has 0 saturated heterocycles. The van der Waals surface area contributed by atoms with Gasteiger partial charge in [-0.3, -0.25) is 0 Å². The summed E-state index contributed by atoms with van der Waals surface area (Å²) in [5.41, 5.74) is 0. The second-order valence-corrected chi connectivity index (χ2v) is 5.44. The Kier molecular flexibility index (Phi) is 5.82. The summed E-state index contributed by atoms with van der Waals surface area (Å²) in [5.74, 6) is -0.968. The van der Waals surface area contributed by atoms with Gasteiger partial charge < -0.3 is 14.9 Å². The molecule has 1 aromatic rings. The van der Waals surface area contributed by atoms with Crippen LogP contribution in [0, 0.1) is 0 Å². The molecule has 1 heterocycles. The average Bonchev–Trinajstić information content (AvgIpc) is 2.88. The molecule has 1 rings (SSSR count). The summed E-state index contributed by atoms with van der Waals surface area (Å²) in [6.07, 6.45) is 1.19. The highest BCUT2D eigenvalue weighted by molar-refractivity contribution is 7.09. The van der Waals surface area contributed by atoms with Gasteiger partial charge in [-0.05, 0) is 24.3 Å². The number of hydrogen-bond donors (Lipinski definition) is 1. The lowest BCUT2D eigenvalue weighted by atomic mass is 10.2. The fraction of sp³-hybridized carbons (Fsp3) is 0.538. The third-order valence-corrected chi connectivity index (χ3v) is 3.98. The Morgan fingerprint density at radius 2 is 2.11 bits per heavy atom. The number of carbonyl (C=O) groups is 2. The molecule has 0 fully saturated rings. The molecule has 2 amide bonds. The van der Waals surface area contributed by atoms with Crippen LogP contribution in [0.25, 0.3) is 0 Å². The molecular formula is C13H20N2O3S. The number of carbonyl (C=O) groups excluding carboxylic acids is 1. The molecule has 1 N–H and O–H groups in total. The van der Waals surface area contributed by atoms with Crippen LogP contribution in [0.5, 0.6) is 0 Å². The lowest BCUT2D eigenvalue weighted by Crippen LogP contribution is -2.48. The number of urea groups is 1. The van der Waals surface area contributed by atoms with Gasteiger partial charge in [0.05, 0.1) is 0 Å². The molecule has 1 atom stereocenters. The topological polar surface area (TPSA) is 60.9 Å². The number of aliphatic carboxylic acids is 1. The van der Waals surface area contributed by atoms with Crippen LogP contribution in [0.2, 0.25) is 0 Å². The third-order valence-electron chi connectivity index (χ3n) is 3.04. The van der Waals surface area contributed by atoms with Crippen molar-refractivity contribution in [2.45, 2.75) is 25.8 Å². The molecule has 1 aromatic heterocycles. The van der Waals surface area contributed by atoms with E-state index in [4.69, 9.17) is 5.11 Å². The van der Waals surface area contributed by atoms with Crippen molar-refractivity contribution >= 4 is 23.3 Å². The second kappa shape index (κ2) is 7.13. The zero-order chi connectivity index (χ0) is 14.4. The predicted molar refractivity (Wildman–Crippen MR) is 75.5 cm³/mol. The van der Waals surface area contributed by atoms with Gasteiger partial charge >= 0.3 is 12.0 Å². The van der Waals surface area contributed by atoms with E-state index in [0.717, 1.165) is 6.42 Å². The van der Waals surface area contributed by atoms with Gasteiger partial charge in [0.25, 0.3) is 0 Å². The van der Waals surface area contributed by atoms with E-state index in [1.165, 1.54) is 16.8 Å². The molecule has 0 aliphatic rings.